The molecule has 1 aromatic carbocycles. The molecule has 10 heteroatoms. The minimum atomic E-state index is -3.79. The fourth-order valence-electron chi connectivity index (χ4n) is 4.09. The Balaban J connectivity index is 1.97. The van der Waals surface area contributed by atoms with Gasteiger partial charge in [-0.25, -0.2) is 8.42 Å². The van der Waals surface area contributed by atoms with Crippen LogP contribution in [-0.4, -0.2) is 68.2 Å². The van der Waals surface area contributed by atoms with Crippen molar-refractivity contribution >= 4 is 27.3 Å². The Morgan fingerprint density at radius 2 is 1.76 bits per heavy atom. The smallest absolute Gasteiger partial charge is 0.293 e. The van der Waals surface area contributed by atoms with Crippen LogP contribution in [0.25, 0.3) is 0 Å². The number of likely N-dealkylation sites (N-methyl/N-ethyl adjacent to an activating group) is 1. The lowest BCUT2D eigenvalue weighted by atomic mass is 10.1. The average Bonchev–Trinajstić information content (AvgIpc) is 2.99. The molecular weight excluding hydrogens is 396 g/mol. The topological polar surface area (TPSA) is 104 Å². The summed E-state index contributed by atoms with van der Waals surface area (Å²) in [6.45, 7) is 1.39. The van der Waals surface area contributed by atoms with Crippen molar-refractivity contribution in [3.8, 4) is 0 Å². The van der Waals surface area contributed by atoms with Crippen LogP contribution in [0.4, 0.5) is 11.4 Å². The summed E-state index contributed by atoms with van der Waals surface area (Å²) >= 11 is 0. The number of carbonyl (C=O) groups is 1. The molecule has 1 unspecified atom stereocenters. The number of carbonyl (C=O) groups excluding carboxylic acids is 1. The highest BCUT2D eigenvalue weighted by Gasteiger charge is 2.36. The van der Waals surface area contributed by atoms with Crippen LogP contribution in [-0.2, 0) is 14.8 Å². The molecule has 2 saturated heterocycles. The second-order valence-electron chi connectivity index (χ2n) is 7.81. The van der Waals surface area contributed by atoms with E-state index in [2.05, 4.69) is 0 Å². The van der Waals surface area contributed by atoms with Gasteiger partial charge in [0.1, 0.15) is 11.7 Å². The number of hydrogen-bond acceptors (Lipinski definition) is 6. The zero-order valence-corrected chi connectivity index (χ0v) is 17.7. The lowest BCUT2D eigenvalue weighted by molar-refractivity contribution is -0.384. The van der Waals surface area contributed by atoms with Gasteiger partial charge in [-0.2, -0.15) is 4.31 Å². The molecule has 1 aromatic rings. The molecule has 160 valence electrons. The van der Waals surface area contributed by atoms with Crippen molar-refractivity contribution in [2.45, 2.75) is 49.5 Å². The van der Waals surface area contributed by atoms with E-state index < -0.39 is 21.0 Å². The highest BCUT2D eigenvalue weighted by molar-refractivity contribution is 7.89. The monoisotopic (exact) mass is 424 g/mol. The Morgan fingerprint density at radius 1 is 1.10 bits per heavy atom. The molecule has 0 bridgehead atoms. The first-order chi connectivity index (χ1) is 13.7. The van der Waals surface area contributed by atoms with E-state index in [1.807, 2.05) is 0 Å². The molecule has 1 atom stereocenters. The van der Waals surface area contributed by atoms with Crippen molar-refractivity contribution < 1.29 is 18.1 Å². The highest BCUT2D eigenvalue weighted by atomic mass is 32.2. The Morgan fingerprint density at radius 3 is 2.34 bits per heavy atom. The SMILES string of the molecule is CN(C)C(=O)C1CCCN1c1ccc(S(=O)(=O)N2CCCCCC2)cc1[N+](=O)[O-]. The number of anilines is 1. The van der Waals surface area contributed by atoms with Crippen LogP contribution in [0.3, 0.4) is 0 Å². The summed E-state index contributed by atoms with van der Waals surface area (Å²) in [6, 6.07) is 3.57. The maximum atomic E-state index is 13.0. The van der Waals surface area contributed by atoms with Gasteiger partial charge < -0.3 is 9.80 Å². The van der Waals surface area contributed by atoms with Gasteiger partial charge >= 0.3 is 0 Å². The minimum Gasteiger partial charge on any atom is -0.354 e. The molecule has 0 saturated carbocycles. The van der Waals surface area contributed by atoms with Gasteiger partial charge in [-0.1, -0.05) is 12.8 Å². The maximum absolute atomic E-state index is 13.0. The molecule has 9 nitrogen and oxygen atoms in total. The molecule has 2 aliphatic rings. The number of nitro benzene ring substituents is 1. The summed E-state index contributed by atoms with van der Waals surface area (Å²) in [5.41, 5.74) is 0.0156. The molecule has 2 aliphatic heterocycles. The normalized spacial score (nSPS) is 21.0. The number of nitro groups is 1. The number of nitrogens with zero attached hydrogens (tertiary/aromatic N) is 4. The molecule has 29 heavy (non-hydrogen) atoms. The van der Waals surface area contributed by atoms with E-state index in [0.29, 0.717) is 31.7 Å². The van der Waals surface area contributed by atoms with Crippen molar-refractivity contribution in [3.63, 3.8) is 0 Å². The second-order valence-corrected chi connectivity index (χ2v) is 9.75. The molecule has 0 aromatic heterocycles. The van der Waals surface area contributed by atoms with E-state index >= 15 is 0 Å². The van der Waals surface area contributed by atoms with Gasteiger partial charge in [0.15, 0.2) is 0 Å². The molecule has 3 rings (SSSR count). The molecule has 0 N–H and O–H groups in total. The number of rotatable bonds is 5. The van der Waals surface area contributed by atoms with Crippen molar-refractivity contribution in [3.05, 3.63) is 28.3 Å². The predicted octanol–water partition coefficient (Wildman–Crippen LogP) is 2.22. The van der Waals surface area contributed by atoms with Crippen LogP contribution in [0.1, 0.15) is 38.5 Å². The number of benzene rings is 1. The first-order valence-corrected chi connectivity index (χ1v) is 11.4. The zero-order valence-electron chi connectivity index (χ0n) is 16.9. The van der Waals surface area contributed by atoms with E-state index in [0.717, 1.165) is 38.2 Å². The summed E-state index contributed by atoms with van der Waals surface area (Å²) in [5.74, 6) is -0.113. The number of hydrogen-bond donors (Lipinski definition) is 0. The standard InChI is InChI=1S/C19H28N4O5S/c1-20(2)19(24)17-8-7-13-22(17)16-10-9-15(14-18(16)23(25)26)29(27,28)21-11-5-3-4-6-12-21/h9-10,14,17H,3-8,11-13H2,1-2H3. The third-order valence-corrected chi connectivity index (χ3v) is 7.53. The molecule has 2 fully saturated rings. The highest BCUT2D eigenvalue weighted by Crippen LogP contribution is 2.36. The van der Waals surface area contributed by atoms with Gasteiger partial charge in [-0.3, -0.25) is 14.9 Å². The fourth-order valence-corrected chi connectivity index (χ4v) is 5.63. The summed E-state index contributed by atoms with van der Waals surface area (Å²) in [5, 5.41) is 11.8. The van der Waals surface area contributed by atoms with Gasteiger partial charge in [0, 0.05) is 39.8 Å². The van der Waals surface area contributed by atoms with E-state index in [1.165, 1.54) is 21.3 Å². The molecule has 2 heterocycles. The van der Waals surface area contributed by atoms with Crippen LogP contribution >= 0.6 is 0 Å². The second kappa shape index (κ2) is 8.66. The van der Waals surface area contributed by atoms with Gasteiger partial charge in [-0.15, -0.1) is 0 Å². The summed E-state index contributed by atoms with van der Waals surface area (Å²) in [4.78, 5) is 26.8. The van der Waals surface area contributed by atoms with E-state index in [4.69, 9.17) is 0 Å². The van der Waals surface area contributed by atoms with Crippen LogP contribution in [0.2, 0.25) is 0 Å². The summed E-state index contributed by atoms with van der Waals surface area (Å²) in [7, 11) is -0.476. The Labute approximate surface area is 171 Å². The van der Waals surface area contributed by atoms with Crippen LogP contribution < -0.4 is 4.90 Å². The first-order valence-electron chi connectivity index (χ1n) is 10.00. The molecular formula is C19H28N4O5S. The molecule has 0 aliphatic carbocycles. The van der Waals surface area contributed by atoms with Crippen LogP contribution in [0.5, 0.6) is 0 Å². The third-order valence-electron chi connectivity index (χ3n) is 5.63. The quantitative estimate of drug-likeness (QED) is 0.530. The average molecular weight is 425 g/mol. The van der Waals surface area contributed by atoms with E-state index in [9.17, 15) is 23.3 Å². The lowest BCUT2D eigenvalue weighted by Gasteiger charge is -2.28. The third kappa shape index (κ3) is 4.37. The van der Waals surface area contributed by atoms with Crippen molar-refractivity contribution in [2.24, 2.45) is 0 Å². The van der Waals surface area contributed by atoms with Crippen LogP contribution in [0, 0.1) is 10.1 Å². The van der Waals surface area contributed by atoms with Crippen molar-refractivity contribution in [1.82, 2.24) is 9.21 Å². The first kappa shape index (κ1) is 21.5. The summed E-state index contributed by atoms with van der Waals surface area (Å²) < 4.78 is 27.5. The largest absolute Gasteiger partial charge is 0.354 e. The van der Waals surface area contributed by atoms with Crippen molar-refractivity contribution in [1.29, 1.82) is 0 Å². The van der Waals surface area contributed by atoms with Gasteiger partial charge in [0.05, 0.1) is 9.82 Å². The lowest BCUT2D eigenvalue weighted by Crippen LogP contribution is -2.43. The Kier molecular flexibility index (Phi) is 6.42. The maximum Gasteiger partial charge on any atom is 0.293 e. The fraction of sp³-hybridized carbons (Fsp3) is 0.632. The number of amides is 1. The molecule has 0 spiro atoms. The Hall–Kier alpha value is -2.20. The predicted molar refractivity (Wildman–Crippen MR) is 109 cm³/mol. The molecule has 0 radical (unpaired) electrons. The molecule has 1 amide bonds. The minimum absolute atomic E-state index is 0.0652. The van der Waals surface area contributed by atoms with E-state index in [-0.39, 0.29) is 16.5 Å². The zero-order chi connectivity index (χ0) is 21.2. The summed E-state index contributed by atoms with van der Waals surface area (Å²) in [6.07, 6.45) is 4.92. The van der Waals surface area contributed by atoms with E-state index in [1.54, 1.807) is 19.0 Å². The van der Waals surface area contributed by atoms with Gasteiger partial charge in [0.2, 0.25) is 15.9 Å². The Bertz CT molecular complexity index is 879. The van der Waals surface area contributed by atoms with Crippen LogP contribution in [0.15, 0.2) is 23.1 Å². The van der Waals surface area contributed by atoms with Gasteiger partial charge in [0.25, 0.3) is 5.69 Å². The number of sulfonamides is 1. The van der Waals surface area contributed by atoms with Crippen molar-refractivity contribution in [2.75, 3.05) is 38.6 Å². The van der Waals surface area contributed by atoms with Gasteiger partial charge in [-0.05, 0) is 37.8 Å².